The molecule has 0 bridgehead atoms. The van der Waals surface area contributed by atoms with Gasteiger partial charge in [0.25, 0.3) is 10.0 Å². The molecule has 0 atom stereocenters. The van der Waals surface area contributed by atoms with Gasteiger partial charge in [-0.3, -0.25) is 4.72 Å². The zero-order chi connectivity index (χ0) is 20.6. The molecule has 4 N–H and O–H groups in total. The van der Waals surface area contributed by atoms with E-state index < -0.39 is 20.7 Å². The van der Waals surface area contributed by atoms with Crippen molar-refractivity contribution in [2.24, 2.45) is 0 Å². The normalized spacial score (nSPS) is 11.6. The zero-order valence-electron chi connectivity index (χ0n) is 15.2. The van der Waals surface area contributed by atoms with Crippen molar-refractivity contribution < 1.29 is 12.8 Å². The van der Waals surface area contributed by atoms with Crippen LogP contribution in [0.25, 0.3) is 0 Å². The van der Waals surface area contributed by atoms with Gasteiger partial charge < -0.3 is 16.0 Å². The Kier molecular flexibility index (Phi) is 9.19. The maximum Gasteiger partial charge on any atom is 0.266 e. The number of unbranched alkanes of at least 4 members (excludes halogenated alkanes) is 1. The number of nitrogens with zero attached hydrogens (tertiary/aromatic N) is 1. The molecule has 1 heterocycles. The van der Waals surface area contributed by atoms with Gasteiger partial charge in [0.05, 0.1) is 16.9 Å². The minimum Gasteiger partial charge on any atom is -0.384 e. The molecule has 0 spiro atoms. The lowest BCUT2D eigenvalue weighted by Crippen LogP contribution is -2.25. The molecule has 0 saturated carbocycles. The molecule has 12 heteroatoms. The molecule has 0 aliphatic rings. The number of hydrogen-bond acceptors (Lipinski definition) is 7. The molecule has 0 saturated heterocycles. The molecule has 156 valence electrons. The van der Waals surface area contributed by atoms with Crippen LogP contribution < -0.4 is 20.7 Å². The van der Waals surface area contributed by atoms with E-state index in [1.54, 1.807) is 0 Å². The van der Waals surface area contributed by atoms with E-state index in [0.717, 1.165) is 55.9 Å². The third-order valence-corrected chi connectivity index (χ3v) is 6.48. The van der Waals surface area contributed by atoms with E-state index in [2.05, 4.69) is 25.7 Å². The Morgan fingerprint density at radius 1 is 1.14 bits per heavy atom. The maximum atomic E-state index is 14.4. The smallest absolute Gasteiger partial charge is 0.266 e. The van der Waals surface area contributed by atoms with Crippen LogP contribution in [0.4, 0.5) is 15.2 Å². The first-order valence-electron chi connectivity index (χ1n) is 8.56. The van der Waals surface area contributed by atoms with E-state index in [4.69, 9.17) is 23.2 Å². The number of nitrogens with one attached hydrogen (secondary N) is 4. The number of hydrogen-bond donors (Lipinski definition) is 4. The van der Waals surface area contributed by atoms with Crippen LogP contribution in [0.3, 0.4) is 0 Å². The second-order valence-electron chi connectivity index (χ2n) is 5.82. The summed E-state index contributed by atoms with van der Waals surface area (Å²) in [6, 6.07) is 2.16. The summed E-state index contributed by atoms with van der Waals surface area (Å²) in [5.41, 5.74) is 0.346. The van der Waals surface area contributed by atoms with Crippen molar-refractivity contribution in [1.29, 1.82) is 0 Å². The van der Waals surface area contributed by atoms with E-state index >= 15 is 0 Å². The van der Waals surface area contributed by atoms with Crippen LogP contribution in [-0.2, 0) is 10.0 Å². The van der Waals surface area contributed by atoms with Gasteiger partial charge in [0.15, 0.2) is 5.13 Å². The Morgan fingerprint density at radius 3 is 2.57 bits per heavy atom. The molecular weight excluding hydrogens is 448 g/mol. The van der Waals surface area contributed by atoms with Crippen LogP contribution in [-0.4, -0.2) is 46.6 Å². The van der Waals surface area contributed by atoms with Gasteiger partial charge in [-0.15, -0.1) is 0 Å². The number of aromatic nitrogens is 1. The number of rotatable bonds is 12. The van der Waals surface area contributed by atoms with Crippen molar-refractivity contribution in [3.63, 3.8) is 0 Å². The van der Waals surface area contributed by atoms with Gasteiger partial charge in [-0.1, -0.05) is 34.5 Å². The molecule has 0 radical (unpaired) electrons. The molecule has 1 aromatic carbocycles. The van der Waals surface area contributed by atoms with E-state index in [1.165, 1.54) is 6.20 Å². The van der Waals surface area contributed by atoms with Crippen molar-refractivity contribution in [3.05, 3.63) is 33.5 Å². The Morgan fingerprint density at radius 2 is 1.89 bits per heavy atom. The molecule has 1 aromatic heterocycles. The van der Waals surface area contributed by atoms with Gasteiger partial charge in [-0.05, 0) is 38.6 Å². The van der Waals surface area contributed by atoms with E-state index in [0.29, 0.717) is 16.6 Å². The van der Waals surface area contributed by atoms with Gasteiger partial charge in [-0.2, -0.15) is 0 Å². The minimum atomic E-state index is -4.17. The highest BCUT2D eigenvalue weighted by Gasteiger charge is 2.22. The Hall–Kier alpha value is -1.17. The molecule has 7 nitrogen and oxygen atoms in total. The third kappa shape index (κ3) is 7.02. The first kappa shape index (κ1) is 23.1. The highest BCUT2D eigenvalue weighted by atomic mass is 35.5. The number of halogens is 3. The minimum absolute atomic E-state index is 0.0473. The topological polar surface area (TPSA) is 95.1 Å². The summed E-state index contributed by atoms with van der Waals surface area (Å²) in [5.74, 6) is -0.907. The summed E-state index contributed by atoms with van der Waals surface area (Å²) in [7, 11) is -2.27. The molecular formula is C16H22Cl2FN5O2S2. The first-order chi connectivity index (χ1) is 13.3. The number of anilines is 2. The summed E-state index contributed by atoms with van der Waals surface area (Å²) < 4.78 is 41.7. The van der Waals surface area contributed by atoms with Gasteiger partial charge in [0.1, 0.15) is 15.0 Å². The summed E-state index contributed by atoms with van der Waals surface area (Å²) in [5, 5.41) is 9.54. The predicted molar refractivity (Wildman–Crippen MR) is 114 cm³/mol. The van der Waals surface area contributed by atoms with Crippen molar-refractivity contribution in [2.75, 3.05) is 43.3 Å². The predicted octanol–water partition coefficient (Wildman–Crippen LogP) is 3.39. The summed E-state index contributed by atoms with van der Waals surface area (Å²) in [4.78, 5) is 3.24. The van der Waals surface area contributed by atoms with Gasteiger partial charge in [0, 0.05) is 19.6 Å². The standard InChI is InChI=1S/C16H22Cl2FN5O2S2/c1-20-6-7-21-4-2-3-5-22-13-9-12(19)14(8-11(13)17)28(25,26)24-16-23-10-15(18)27-16/h8-10,20-22H,2-7H2,1H3,(H,23,24). The molecule has 2 aromatic rings. The Bertz CT molecular complexity index is 880. The average Bonchev–Trinajstić information content (AvgIpc) is 3.03. The monoisotopic (exact) mass is 469 g/mol. The average molecular weight is 470 g/mol. The van der Waals surface area contributed by atoms with Crippen LogP contribution in [0.1, 0.15) is 12.8 Å². The van der Waals surface area contributed by atoms with Crippen molar-refractivity contribution in [2.45, 2.75) is 17.7 Å². The fraction of sp³-hybridized carbons (Fsp3) is 0.438. The molecule has 0 fully saturated rings. The lowest BCUT2D eigenvalue weighted by Gasteiger charge is -2.12. The fourth-order valence-corrected chi connectivity index (χ4v) is 4.71. The first-order valence-corrected chi connectivity index (χ1v) is 11.6. The van der Waals surface area contributed by atoms with Crippen molar-refractivity contribution in [3.8, 4) is 0 Å². The van der Waals surface area contributed by atoms with Crippen LogP contribution in [0.5, 0.6) is 0 Å². The fourth-order valence-electron chi connectivity index (χ4n) is 2.28. The number of benzene rings is 1. The SMILES string of the molecule is CNCCNCCCCNc1cc(F)c(S(=O)(=O)Nc2ncc(Cl)s2)cc1Cl. The summed E-state index contributed by atoms with van der Waals surface area (Å²) >= 11 is 12.8. The van der Waals surface area contributed by atoms with Gasteiger partial charge >= 0.3 is 0 Å². The second kappa shape index (κ2) is 11.1. The molecule has 0 unspecified atom stereocenters. The Balaban J connectivity index is 1.92. The van der Waals surface area contributed by atoms with Crippen LogP contribution in [0.15, 0.2) is 23.2 Å². The second-order valence-corrected chi connectivity index (χ2v) is 9.54. The van der Waals surface area contributed by atoms with Gasteiger partial charge in [0.2, 0.25) is 0 Å². The van der Waals surface area contributed by atoms with Crippen molar-refractivity contribution >= 4 is 55.4 Å². The molecule has 0 amide bonds. The van der Waals surface area contributed by atoms with Crippen molar-refractivity contribution in [1.82, 2.24) is 15.6 Å². The molecule has 0 aliphatic heterocycles. The van der Waals surface area contributed by atoms with Crippen LogP contribution in [0, 0.1) is 5.82 Å². The number of thiazole rings is 1. The van der Waals surface area contributed by atoms with E-state index in [-0.39, 0.29) is 10.2 Å². The summed E-state index contributed by atoms with van der Waals surface area (Å²) in [6.45, 7) is 3.29. The Labute approximate surface area is 178 Å². The molecule has 2 rings (SSSR count). The van der Waals surface area contributed by atoms with E-state index in [9.17, 15) is 12.8 Å². The quantitative estimate of drug-likeness (QED) is 0.356. The lowest BCUT2D eigenvalue weighted by atomic mass is 10.2. The highest BCUT2D eigenvalue weighted by molar-refractivity contribution is 7.93. The summed E-state index contributed by atoms with van der Waals surface area (Å²) in [6.07, 6.45) is 3.11. The maximum absolute atomic E-state index is 14.4. The van der Waals surface area contributed by atoms with Crippen LogP contribution in [0.2, 0.25) is 9.36 Å². The third-order valence-electron chi connectivity index (χ3n) is 3.66. The van der Waals surface area contributed by atoms with E-state index in [1.807, 2.05) is 7.05 Å². The molecule has 28 heavy (non-hydrogen) atoms. The highest BCUT2D eigenvalue weighted by Crippen LogP contribution is 2.30. The number of sulfonamides is 1. The molecule has 0 aliphatic carbocycles. The largest absolute Gasteiger partial charge is 0.384 e. The van der Waals surface area contributed by atoms with Gasteiger partial charge in [-0.25, -0.2) is 17.8 Å². The zero-order valence-corrected chi connectivity index (χ0v) is 18.3. The lowest BCUT2D eigenvalue weighted by molar-refractivity contribution is 0.570. The van der Waals surface area contributed by atoms with Crippen LogP contribution >= 0.6 is 34.5 Å². The number of likely N-dealkylation sites (N-methyl/N-ethyl adjacent to an activating group) is 1.